The second-order valence-electron chi connectivity index (χ2n) is 6.19. The molecule has 31 heavy (non-hydrogen) atoms. The number of rotatable bonds is 6. The van der Waals surface area contributed by atoms with Gasteiger partial charge in [0, 0.05) is 22.2 Å². The molecule has 0 unspecified atom stereocenters. The summed E-state index contributed by atoms with van der Waals surface area (Å²) < 4.78 is 29.5. The molecule has 158 valence electrons. The summed E-state index contributed by atoms with van der Waals surface area (Å²) in [6.45, 7) is 0. The van der Waals surface area contributed by atoms with Gasteiger partial charge in [0.25, 0.3) is 15.9 Å². The zero-order chi connectivity index (χ0) is 22.0. The van der Waals surface area contributed by atoms with Crippen molar-refractivity contribution in [1.82, 2.24) is 14.8 Å². The maximum atomic E-state index is 12.7. The maximum Gasteiger partial charge on any atom is 0.271 e. The van der Waals surface area contributed by atoms with Crippen LogP contribution in [0.25, 0.3) is 4.96 Å². The largest absolute Gasteiger partial charge is 0.288 e. The molecule has 2 aromatic carbocycles. The molecule has 4 rings (SSSR count). The Hall–Kier alpha value is -2.92. The summed E-state index contributed by atoms with van der Waals surface area (Å²) in [6, 6.07) is 11.9. The molecule has 0 aliphatic carbocycles. The summed E-state index contributed by atoms with van der Waals surface area (Å²) in [5.41, 5.74) is 3.30. The number of nitrogens with zero attached hydrogens (tertiary/aromatic N) is 3. The standard InChI is InChI=1S/C19H13Cl2N5O3S2/c20-13-4-2-5-14(10-13)25-31(28,29)15-6-1-3-12(9-15)18(27)24-22-11-16-17(21)23-19-26(16)7-8-30-19/h1-11,25H,(H,24,27)/b22-11+. The second kappa shape index (κ2) is 8.67. The smallest absolute Gasteiger partial charge is 0.271 e. The van der Waals surface area contributed by atoms with E-state index in [2.05, 4.69) is 20.2 Å². The lowest BCUT2D eigenvalue weighted by atomic mass is 10.2. The number of imidazole rings is 1. The van der Waals surface area contributed by atoms with Crippen LogP contribution >= 0.6 is 34.5 Å². The van der Waals surface area contributed by atoms with Crippen LogP contribution in [0.2, 0.25) is 10.2 Å². The number of carbonyl (C=O) groups is 1. The fraction of sp³-hybridized carbons (Fsp3) is 0. The topological polar surface area (TPSA) is 105 Å². The molecule has 0 atom stereocenters. The van der Waals surface area contributed by atoms with Crippen molar-refractivity contribution in [3.05, 3.63) is 81.5 Å². The van der Waals surface area contributed by atoms with Gasteiger partial charge < -0.3 is 0 Å². The third-order valence-corrected chi connectivity index (χ3v) is 6.74. The average Bonchev–Trinajstić information content (AvgIpc) is 3.29. The Morgan fingerprint density at radius 2 is 1.97 bits per heavy atom. The minimum absolute atomic E-state index is 0.0806. The van der Waals surface area contributed by atoms with Crippen LogP contribution in [0.5, 0.6) is 0 Å². The number of hydrogen-bond donors (Lipinski definition) is 2. The molecule has 0 bridgehead atoms. The Morgan fingerprint density at radius 3 is 2.77 bits per heavy atom. The average molecular weight is 494 g/mol. The van der Waals surface area contributed by atoms with E-state index in [1.54, 1.807) is 28.8 Å². The normalized spacial score (nSPS) is 11.8. The molecular formula is C19H13Cl2N5O3S2. The van der Waals surface area contributed by atoms with Gasteiger partial charge in [0.1, 0.15) is 5.69 Å². The van der Waals surface area contributed by atoms with Crippen LogP contribution in [0.15, 0.2) is 70.1 Å². The van der Waals surface area contributed by atoms with Crippen LogP contribution in [-0.4, -0.2) is 29.9 Å². The highest BCUT2D eigenvalue weighted by molar-refractivity contribution is 7.92. The zero-order valence-electron chi connectivity index (χ0n) is 15.5. The fourth-order valence-electron chi connectivity index (χ4n) is 2.68. The predicted octanol–water partition coefficient (Wildman–Crippen LogP) is 4.27. The molecule has 0 fully saturated rings. The lowest BCUT2D eigenvalue weighted by Crippen LogP contribution is -2.19. The van der Waals surface area contributed by atoms with Crippen molar-refractivity contribution in [2.24, 2.45) is 5.10 Å². The molecule has 2 heterocycles. The first-order valence-corrected chi connectivity index (χ1v) is 11.8. The van der Waals surface area contributed by atoms with Gasteiger partial charge in [-0.05, 0) is 36.4 Å². The van der Waals surface area contributed by atoms with E-state index in [1.807, 2.05) is 5.38 Å². The number of fused-ring (bicyclic) bond motifs is 1. The lowest BCUT2D eigenvalue weighted by Gasteiger charge is -2.09. The number of carbonyl (C=O) groups excluding carboxylic acids is 1. The van der Waals surface area contributed by atoms with Crippen LogP contribution in [-0.2, 0) is 10.0 Å². The van der Waals surface area contributed by atoms with E-state index < -0.39 is 15.9 Å². The van der Waals surface area contributed by atoms with Crippen molar-refractivity contribution >= 4 is 67.3 Å². The summed E-state index contributed by atoms with van der Waals surface area (Å²) in [7, 11) is -3.92. The first-order chi connectivity index (χ1) is 14.8. The molecule has 0 aliphatic rings. The number of anilines is 1. The minimum atomic E-state index is -3.92. The quantitative estimate of drug-likeness (QED) is 0.309. The van der Waals surface area contributed by atoms with Gasteiger partial charge in [-0.3, -0.25) is 13.9 Å². The Balaban J connectivity index is 1.50. The Bertz CT molecular complexity index is 1410. The van der Waals surface area contributed by atoms with E-state index in [4.69, 9.17) is 23.2 Å². The molecular weight excluding hydrogens is 481 g/mol. The van der Waals surface area contributed by atoms with Gasteiger partial charge in [-0.15, -0.1) is 11.3 Å². The number of hydrazone groups is 1. The summed E-state index contributed by atoms with van der Waals surface area (Å²) in [6.07, 6.45) is 3.15. The first-order valence-electron chi connectivity index (χ1n) is 8.66. The van der Waals surface area contributed by atoms with Crippen molar-refractivity contribution in [1.29, 1.82) is 0 Å². The maximum absolute atomic E-state index is 12.7. The Kier molecular flexibility index (Phi) is 5.96. The molecule has 2 N–H and O–H groups in total. The van der Waals surface area contributed by atoms with E-state index in [-0.39, 0.29) is 15.6 Å². The van der Waals surface area contributed by atoms with Crippen molar-refractivity contribution in [3.63, 3.8) is 0 Å². The molecule has 0 aliphatic heterocycles. The van der Waals surface area contributed by atoms with E-state index in [0.717, 1.165) is 0 Å². The molecule has 4 aromatic rings. The molecule has 8 nitrogen and oxygen atoms in total. The Morgan fingerprint density at radius 1 is 1.16 bits per heavy atom. The van der Waals surface area contributed by atoms with Gasteiger partial charge in [0.05, 0.1) is 16.8 Å². The van der Waals surface area contributed by atoms with Crippen LogP contribution in [0.3, 0.4) is 0 Å². The van der Waals surface area contributed by atoms with Crippen LogP contribution < -0.4 is 10.1 Å². The predicted molar refractivity (Wildman–Crippen MR) is 122 cm³/mol. The molecule has 1 amide bonds. The van der Waals surface area contributed by atoms with Crippen molar-refractivity contribution in [3.8, 4) is 0 Å². The minimum Gasteiger partial charge on any atom is -0.288 e. The van der Waals surface area contributed by atoms with Gasteiger partial charge in [0.2, 0.25) is 0 Å². The highest BCUT2D eigenvalue weighted by Gasteiger charge is 2.17. The first kappa shape index (κ1) is 21.3. The molecule has 2 aromatic heterocycles. The van der Waals surface area contributed by atoms with Crippen LogP contribution in [0.1, 0.15) is 16.1 Å². The van der Waals surface area contributed by atoms with Crippen molar-refractivity contribution in [2.45, 2.75) is 4.90 Å². The highest BCUT2D eigenvalue weighted by atomic mass is 35.5. The third kappa shape index (κ3) is 4.72. The van der Waals surface area contributed by atoms with Crippen molar-refractivity contribution in [2.75, 3.05) is 4.72 Å². The van der Waals surface area contributed by atoms with Crippen LogP contribution in [0.4, 0.5) is 5.69 Å². The number of hydrogen-bond acceptors (Lipinski definition) is 6. The summed E-state index contributed by atoms with van der Waals surface area (Å²) in [4.78, 5) is 17.2. The molecule has 0 saturated heterocycles. The van der Waals surface area contributed by atoms with E-state index in [1.165, 1.54) is 47.9 Å². The van der Waals surface area contributed by atoms with Gasteiger partial charge in [0.15, 0.2) is 10.1 Å². The summed E-state index contributed by atoms with van der Waals surface area (Å²) in [5, 5.41) is 6.40. The van der Waals surface area contributed by atoms with Gasteiger partial charge in [-0.2, -0.15) is 5.10 Å². The Labute approximate surface area is 191 Å². The number of sulfonamides is 1. The van der Waals surface area contributed by atoms with E-state index in [0.29, 0.717) is 21.4 Å². The SMILES string of the molecule is O=C(N/N=C/c1c(Cl)nc2sccn12)c1cccc(S(=O)(=O)Nc2cccc(Cl)c2)c1. The number of amides is 1. The third-order valence-electron chi connectivity index (χ3n) is 4.09. The van der Waals surface area contributed by atoms with Gasteiger partial charge in [-0.25, -0.2) is 18.8 Å². The highest BCUT2D eigenvalue weighted by Crippen LogP contribution is 2.21. The monoisotopic (exact) mass is 493 g/mol. The number of halogens is 2. The van der Waals surface area contributed by atoms with E-state index in [9.17, 15) is 13.2 Å². The summed E-state index contributed by atoms with van der Waals surface area (Å²) in [5.74, 6) is -0.585. The second-order valence-corrected chi connectivity index (χ2v) is 9.54. The number of benzene rings is 2. The van der Waals surface area contributed by atoms with Crippen molar-refractivity contribution < 1.29 is 13.2 Å². The fourth-order valence-corrected chi connectivity index (χ4v) is 4.96. The van der Waals surface area contributed by atoms with Gasteiger partial charge >= 0.3 is 0 Å². The molecule has 0 saturated carbocycles. The molecule has 0 radical (unpaired) electrons. The number of thiazole rings is 1. The molecule has 0 spiro atoms. The van der Waals surface area contributed by atoms with Crippen LogP contribution in [0, 0.1) is 0 Å². The summed E-state index contributed by atoms with van der Waals surface area (Å²) >= 11 is 13.4. The van der Waals surface area contributed by atoms with E-state index >= 15 is 0 Å². The number of aromatic nitrogens is 2. The lowest BCUT2D eigenvalue weighted by molar-refractivity contribution is 0.0955. The molecule has 12 heteroatoms. The van der Waals surface area contributed by atoms with Gasteiger partial charge in [-0.1, -0.05) is 35.3 Å². The number of nitrogens with one attached hydrogen (secondary N) is 2. The zero-order valence-corrected chi connectivity index (χ0v) is 18.6.